The lowest BCUT2D eigenvalue weighted by atomic mass is 10.1. The zero-order valence-electron chi connectivity index (χ0n) is 18.6. The minimum absolute atomic E-state index is 0.241. The lowest BCUT2D eigenvalue weighted by Crippen LogP contribution is -2.37. The maximum atomic E-state index is 12.2. The summed E-state index contributed by atoms with van der Waals surface area (Å²) in [5.41, 5.74) is 10.2. The number of anilines is 4. The number of rotatable bonds is 7. The molecule has 33 heavy (non-hydrogen) atoms. The molecule has 10 heteroatoms. The van der Waals surface area contributed by atoms with Gasteiger partial charge in [0, 0.05) is 53.3 Å². The van der Waals surface area contributed by atoms with Crippen molar-refractivity contribution in [1.82, 2.24) is 10.2 Å². The molecule has 0 bridgehead atoms. The molecule has 0 unspecified atom stereocenters. The van der Waals surface area contributed by atoms with E-state index in [1.54, 1.807) is 0 Å². The van der Waals surface area contributed by atoms with Gasteiger partial charge in [-0.25, -0.2) is 0 Å². The van der Waals surface area contributed by atoms with Crippen LogP contribution in [0.5, 0.6) is 5.75 Å². The lowest BCUT2D eigenvalue weighted by molar-refractivity contribution is 0.100. The molecular formula is C23H28N6O3S. The number of nitrogens with zero attached hydrogens (tertiary/aromatic N) is 2. The van der Waals surface area contributed by atoms with Crippen LogP contribution >= 0.6 is 0 Å². The number of carbonyl (C=O) groups is 1. The number of benzene rings is 2. The van der Waals surface area contributed by atoms with Crippen molar-refractivity contribution in [1.29, 1.82) is 0 Å². The number of hydrogen-bond donors (Lipinski definition) is 5. The monoisotopic (exact) mass is 468 g/mol. The van der Waals surface area contributed by atoms with Crippen LogP contribution in [0, 0.1) is 13.8 Å². The van der Waals surface area contributed by atoms with Gasteiger partial charge in [0.1, 0.15) is 17.1 Å². The van der Waals surface area contributed by atoms with Crippen molar-refractivity contribution in [2.75, 3.05) is 40.1 Å². The quantitative estimate of drug-likeness (QED) is 0.360. The standard InChI is InChI=1S/C23H28N6O3S/c1-14-11-16(12-15(2)20(14)30)13-25-22-19(21(24)31)23(28-27-22)26-17-3-5-18(6-4-17)29-7-9-33(32)10-8-29/h3-6,11-12,30H,7-10,13H2,1-2H3,(H2,24,31)(H3,25,26,27,28). The summed E-state index contributed by atoms with van der Waals surface area (Å²) in [5.74, 6) is 1.81. The first kappa shape index (κ1) is 22.7. The van der Waals surface area contributed by atoms with Crippen LogP contribution < -0.4 is 21.3 Å². The first-order valence-corrected chi connectivity index (χ1v) is 12.2. The Bertz CT molecular complexity index is 1160. The van der Waals surface area contributed by atoms with Crippen LogP contribution in [-0.2, 0) is 17.3 Å². The first-order valence-electron chi connectivity index (χ1n) is 10.7. The van der Waals surface area contributed by atoms with Gasteiger partial charge in [0.2, 0.25) is 0 Å². The molecule has 1 saturated heterocycles. The second kappa shape index (κ2) is 9.53. The van der Waals surface area contributed by atoms with Crippen molar-refractivity contribution in [3.05, 3.63) is 58.7 Å². The second-order valence-electron chi connectivity index (χ2n) is 8.13. The lowest BCUT2D eigenvalue weighted by Gasteiger charge is -2.28. The highest BCUT2D eigenvalue weighted by Crippen LogP contribution is 2.27. The molecule has 2 aromatic carbocycles. The number of phenolic OH excluding ortho intramolecular Hbond substituents is 1. The fourth-order valence-electron chi connectivity index (χ4n) is 3.93. The number of amides is 1. The van der Waals surface area contributed by atoms with Gasteiger partial charge in [-0.15, -0.1) is 0 Å². The highest BCUT2D eigenvalue weighted by molar-refractivity contribution is 7.85. The van der Waals surface area contributed by atoms with Crippen LogP contribution in [0.1, 0.15) is 27.0 Å². The van der Waals surface area contributed by atoms with Gasteiger partial charge < -0.3 is 26.4 Å². The molecule has 9 nitrogen and oxygen atoms in total. The summed E-state index contributed by atoms with van der Waals surface area (Å²) in [6.07, 6.45) is 0. The Morgan fingerprint density at radius 1 is 1.18 bits per heavy atom. The molecule has 0 spiro atoms. The first-order chi connectivity index (χ1) is 15.8. The number of primary amides is 1. The predicted molar refractivity (Wildman–Crippen MR) is 132 cm³/mol. The van der Waals surface area contributed by atoms with E-state index >= 15 is 0 Å². The number of aromatic amines is 1. The molecule has 174 valence electrons. The molecule has 3 aromatic rings. The Hall–Kier alpha value is -3.53. The summed E-state index contributed by atoms with van der Waals surface area (Å²) < 4.78 is 11.6. The molecule has 0 atom stereocenters. The van der Waals surface area contributed by atoms with E-state index in [4.69, 9.17) is 5.73 Å². The molecule has 2 heterocycles. The summed E-state index contributed by atoms with van der Waals surface area (Å²) in [6.45, 7) is 5.66. The van der Waals surface area contributed by atoms with Gasteiger partial charge in [-0.1, -0.05) is 12.1 Å². The van der Waals surface area contributed by atoms with Gasteiger partial charge >= 0.3 is 0 Å². The average molecular weight is 469 g/mol. The maximum absolute atomic E-state index is 12.2. The summed E-state index contributed by atoms with van der Waals surface area (Å²) in [4.78, 5) is 14.4. The molecule has 1 aliphatic heterocycles. The minimum atomic E-state index is -0.714. The van der Waals surface area contributed by atoms with Crippen molar-refractivity contribution in [2.45, 2.75) is 20.4 Å². The van der Waals surface area contributed by atoms with Crippen LogP contribution in [0.3, 0.4) is 0 Å². The zero-order valence-corrected chi connectivity index (χ0v) is 19.5. The molecule has 1 fully saturated rings. The molecule has 6 N–H and O–H groups in total. The summed E-state index contributed by atoms with van der Waals surface area (Å²) in [5, 5.41) is 23.4. The Morgan fingerprint density at radius 3 is 2.42 bits per heavy atom. The summed E-state index contributed by atoms with van der Waals surface area (Å²) in [6, 6.07) is 11.6. The van der Waals surface area contributed by atoms with Crippen LogP contribution in [0.15, 0.2) is 36.4 Å². The van der Waals surface area contributed by atoms with Gasteiger partial charge in [0.15, 0.2) is 5.82 Å². The summed E-state index contributed by atoms with van der Waals surface area (Å²) in [7, 11) is -0.714. The number of H-pyrrole nitrogens is 1. The Kier molecular flexibility index (Phi) is 6.55. The van der Waals surface area contributed by atoms with Crippen molar-refractivity contribution in [2.24, 2.45) is 5.73 Å². The summed E-state index contributed by atoms with van der Waals surface area (Å²) >= 11 is 0. The number of nitrogens with two attached hydrogens (primary N) is 1. The minimum Gasteiger partial charge on any atom is -0.507 e. The van der Waals surface area contributed by atoms with Crippen molar-refractivity contribution < 1.29 is 14.1 Å². The van der Waals surface area contributed by atoms with Crippen LogP contribution in [-0.4, -0.2) is 50.0 Å². The van der Waals surface area contributed by atoms with E-state index in [2.05, 4.69) is 25.7 Å². The number of aromatic hydroxyl groups is 1. The topological polar surface area (TPSA) is 136 Å². The zero-order chi connectivity index (χ0) is 23.5. The van der Waals surface area contributed by atoms with Crippen LogP contribution in [0.4, 0.5) is 23.0 Å². The third kappa shape index (κ3) is 5.11. The van der Waals surface area contributed by atoms with Gasteiger partial charge in [0.05, 0.1) is 0 Å². The van der Waals surface area contributed by atoms with E-state index in [0.29, 0.717) is 29.7 Å². The third-order valence-corrected chi connectivity index (χ3v) is 6.98. The Balaban J connectivity index is 1.46. The molecule has 1 aliphatic rings. The van der Waals surface area contributed by atoms with E-state index < -0.39 is 16.7 Å². The fourth-order valence-corrected chi connectivity index (χ4v) is 4.98. The van der Waals surface area contributed by atoms with E-state index in [1.807, 2.05) is 50.2 Å². The highest BCUT2D eigenvalue weighted by Gasteiger charge is 2.19. The van der Waals surface area contributed by atoms with Gasteiger partial charge in [0.25, 0.3) is 5.91 Å². The van der Waals surface area contributed by atoms with Crippen LogP contribution in [0.25, 0.3) is 0 Å². The number of phenols is 1. The largest absolute Gasteiger partial charge is 0.507 e. The van der Waals surface area contributed by atoms with E-state index in [-0.39, 0.29) is 11.3 Å². The number of hydrogen-bond acceptors (Lipinski definition) is 7. The number of aryl methyl sites for hydroxylation is 2. The highest BCUT2D eigenvalue weighted by atomic mass is 32.2. The Labute approximate surface area is 194 Å². The normalized spacial score (nSPS) is 14.3. The number of aromatic nitrogens is 2. The molecule has 0 saturated carbocycles. The number of nitrogens with one attached hydrogen (secondary N) is 3. The Morgan fingerprint density at radius 2 is 1.82 bits per heavy atom. The molecule has 0 radical (unpaired) electrons. The van der Waals surface area contributed by atoms with Gasteiger partial charge in [-0.3, -0.25) is 14.1 Å². The maximum Gasteiger partial charge on any atom is 0.256 e. The smallest absolute Gasteiger partial charge is 0.256 e. The molecular weight excluding hydrogens is 440 g/mol. The SMILES string of the molecule is Cc1cc(CNc2n[nH]c(Nc3ccc(N4CCS(=O)CC4)cc3)c2C(N)=O)cc(C)c1O. The molecule has 0 aliphatic carbocycles. The fraction of sp³-hybridized carbons (Fsp3) is 0.304. The van der Waals surface area contributed by atoms with E-state index in [1.165, 1.54) is 0 Å². The van der Waals surface area contributed by atoms with Crippen molar-refractivity contribution >= 4 is 39.7 Å². The van der Waals surface area contributed by atoms with Crippen LogP contribution in [0.2, 0.25) is 0 Å². The predicted octanol–water partition coefficient (Wildman–Crippen LogP) is 2.76. The van der Waals surface area contributed by atoms with Gasteiger partial charge in [-0.05, 0) is 54.8 Å². The number of carbonyl (C=O) groups excluding carboxylic acids is 1. The van der Waals surface area contributed by atoms with Crippen molar-refractivity contribution in [3.63, 3.8) is 0 Å². The average Bonchev–Trinajstić information content (AvgIpc) is 3.19. The molecule has 1 aromatic heterocycles. The second-order valence-corrected chi connectivity index (χ2v) is 9.82. The van der Waals surface area contributed by atoms with E-state index in [9.17, 15) is 14.1 Å². The molecule has 1 amide bonds. The van der Waals surface area contributed by atoms with Gasteiger partial charge in [-0.2, -0.15) is 5.10 Å². The van der Waals surface area contributed by atoms with Crippen molar-refractivity contribution in [3.8, 4) is 5.75 Å². The third-order valence-electron chi connectivity index (χ3n) is 5.70. The molecule has 4 rings (SSSR count). The van der Waals surface area contributed by atoms with E-state index in [0.717, 1.165) is 41.2 Å².